The lowest BCUT2D eigenvalue weighted by atomic mass is 9.76. The molecule has 2 aromatic rings. The average Bonchev–Trinajstić information content (AvgIpc) is 2.55. The monoisotopic (exact) mass is 385 g/mol. The van der Waals surface area contributed by atoms with Crippen LogP contribution < -0.4 is 5.32 Å². The van der Waals surface area contributed by atoms with Crippen LogP contribution in [0.4, 0.5) is 0 Å². The smallest absolute Gasteiger partial charge is 0.0595 e. The van der Waals surface area contributed by atoms with Crippen LogP contribution in [-0.2, 0) is 0 Å². The van der Waals surface area contributed by atoms with Gasteiger partial charge >= 0.3 is 0 Å². The summed E-state index contributed by atoms with van der Waals surface area (Å²) in [6.07, 6.45) is 2.18. The molecule has 2 atom stereocenters. The van der Waals surface area contributed by atoms with E-state index in [1.54, 1.807) is 5.37 Å². The molecule has 3 rings (SSSR count). The molecule has 0 saturated heterocycles. The van der Waals surface area contributed by atoms with Crippen LogP contribution in [0.15, 0.2) is 36.4 Å². The summed E-state index contributed by atoms with van der Waals surface area (Å²) in [6, 6.07) is 12.8. The molecule has 0 aromatic heterocycles. The third-order valence-corrected chi connectivity index (χ3v) is 5.45. The summed E-state index contributed by atoms with van der Waals surface area (Å²) in [5, 5.41) is 6.36. The molecule has 5 heteroatoms. The molecule has 0 spiro atoms. The van der Waals surface area contributed by atoms with E-state index in [4.69, 9.17) is 35.4 Å². The lowest BCUT2D eigenvalue weighted by molar-refractivity contribution is 0.471. The molecule has 0 saturated carbocycles. The lowest BCUT2D eigenvalue weighted by Crippen LogP contribution is -2.24. The van der Waals surface area contributed by atoms with Crippen LogP contribution in [0.25, 0.3) is 0 Å². The molecule has 0 fully saturated rings. The van der Waals surface area contributed by atoms with Crippen molar-refractivity contribution in [1.82, 2.24) is 5.32 Å². The molecule has 1 N–H and O–H groups in total. The van der Waals surface area contributed by atoms with E-state index in [0.717, 1.165) is 18.4 Å². The van der Waals surface area contributed by atoms with Crippen molar-refractivity contribution in [2.75, 3.05) is 7.05 Å². The van der Waals surface area contributed by atoms with Crippen LogP contribution in [0.2, 0.25) is 10.0 Å². The van der Waals surface area contributed by atoms with Crippen LogP contribution in [0, 0.1) is 0 Å². The highest BCUT2D eigenvalue weighted by atomic mass is 35.5. The molecule has 122 valence electrons. The Hall–Kier alpha value is -0.640. The minimum atomic E-state index is 0. The summed E-state index contributed by atoms with van der Waals surface area (Å²) in [5.74, 6) is 0.355. The predicted molar refractivity (Wildman–Crippen MR) is 106 cm³/mol. The topological polar surface area (TPSA) is 12.0 Å². The molecule has 1 aliphatic carbocycles. The summed E-state index contributed by atoms with van der Waals surface area (Å²) in [5.41, 5.74) is 5.00. The summed E-state index contributed by atoms with van der Waals surface area (Å²) in [6.45, 7) is 0. The number of fused-ring (bicyclic) bond motifs is 1. The SMILES string of the molecule is CN[C@H]1CC[C@@H](c2ccc(Cl)c(Cl)c2)c2ccc(C=S)cc21.Cl. The van der Waals surface area contributed by atoms with Crippen LogP contribution in [-0.4, -0.2) is 12.4 Å². The van der Waals surface area contributed by atoms with Gasteiger partial charge in [-0.15, -0.1) is 12.4 Å². The van der Waals surface area contributed by atoms with E-state index in [1.165, 1.54) is 16.7 Å². The molecule has 0 bridgehead atoms. The minimum Gasteiger partial charge on any atom is -0.313 e. The van der Waals surface area contributed by atoms with Crippen molar-refractivity contribution in [3.63, 3.8) is 0 Å². The van der Waals surface area contributed by atoms with E-state index in [0.29, 0.717) is 22.0 Å². The minimum absolute atomic E-state index is 0. The standard InChI is InChI=1S/C18H17Cl2NS.ClH/c1-21-18-7-5-13(12-3-6-16(19)17(20)9-12)14-4-2-11(10-22)8-15(14)18;/h2-4,6,8-10,13,18,21H,5,7H2,1H3;1H/t13-,18-;/m0./s1. The van der Waals surface area contributed by atoms with Gasteiger partial charge in [0.2, 0.25) is 0 Å². The van der Waals surface area contributed by atoms with E-state index >= 15 is 0 Å². The number of hydrogen-bond donors (Lipinski definition) is 1. The van der Waals surface area contributed by atoms with Crippen LogP contribution in [0.1, 0.15) is 47.1 Å². The maximum atomic E-state index is 6.20. The third-order valence-electron chi connectivity index (χ3n) is 4.44. The fourth-order valence-electron chi connectivity index (χ4n) is 3.31. The molecule has 0 aliphatic heterocycles. The van der Waals surface area contributed by atoms with E-state index < -0.39 is 0 Å². The van der Waals surface area contributed by atoms with Crippen molar-refractivity contribution in [2.24, 2.45) is 0 Å². The average molecular weight is 387 g/mol. The number of rotatable bonds is 3. The summed E-state index contributed by atoms with van der Waals surface area (Å²) in [4.78, 5) is 0. The first-order valence-electron chi connectivity index (χ1n) is 7.35. The first-order chi connectivity index (χ1) is 10.6. The van der Waals surface area contributed by atoms with Gasteiger partial charge in [-0.2, -0.15) is 0 Å². The summed E-state index contributed by atoms with van der Waals surface area (Å²) < 4.78 is 0. The van der Waals surface area contributed by atoms with Crippen molar-refractivity contribution in [3.05, 3.63) is 68.7 Å². The molecule has 23 heavy (non-hydrogen) atoms. The molecule has 0 amide bonds. The predicted octanol–water partition coefficient (Wildman–Crippen LogP) is 5.95. The Morgan fingerprint density at radius 1 is 1.04 bits per heavy atom. The Labute approximate surface area is 158 Å². The zero-order valence-corrected chi connectivity index (χ0v) is 15.8. The molecular formula is C18H18Cl3NS. The third kappa shape index (κ3) is 3.72. The summed E-state index contributed by atoms with van der Waals surface area (Å²) in [7, 11) is 2.01. The normalized spacial score (nSPS) is 19.6. The lowest BCUT2D eigenvalue weighted by Gasteiger charge is -2.32. The van der Waals surface area contributed by atoms with Gasteiger partial charge in [0.1, 0.15) is 0 Å². The van der Waals surface area contributed by atoms with Gasteiger partial charge in [-0.3, -0.25) is 0 Å². The van der Waals surface area contributed by atoms with Gasteiger partial charge < -0.3 is 5.32 Å². The number of thiocarbonyl (C=S) groups is 1. The van der Waals surface area contributed by atoms with Gasteiger partial charge in [0.05, 0.1) is 10.0 Å². The second-order valence-electron chi connectivity index (χ2n) is 5.65. The highest BCUT2D eigenvalue weighted by molar-refractivity contribution is 7.79. The van der Waals surface area contributed by atoms with Crippen LogP contribution >= 0.6 is 47.8 Å². The Balaban J connectivity index is 0.00000192. The number of halogens is 3. The Morgan fingerprint density at radius 2 is 1.83 bits per heavy atom. The Morgan fingerprint density at radius 3 is 2.48 bits per heavy atom. The van der Waals surface area contributed by atoms with Gasteiger partial charge in [-0.25, -0.2) is 0 Å². The van der Waals surface area contributed by atoms with E-state index in [1.807, 2.05) is 19.2 Å². The number of hydrogen-bond acceptors (Lipinski definition) is 2. The molecule has 0 radical (unpaired) electrons. The zero-order valence-electron chi connectivity index (χ0n) is 12.7. The van der Waals surface area contributed by atoms with E-state index in [-0.39, 0.29) is 12.4 Å². The fourth-order valence-corrected chi connectivity index (χ4v) is 3.76. The van der Waals surface area contributed by atoms with Gasteiger partial charge in [-0.05, 0) is 60.3 Å². The van der Waals surface area contributed by atoms with Gasteiger partial charge in [0.15, 0.2) is 0 Å². The number of benzene rings is 2. The molecule has 1 aliphatic rings. The summed E-state index contributed by atoms with van der Waals surface area (Å²) >= 11 is 17.3. The number of nitrogens with one attached hydrogen (secondary N) is 1. The van der Waals surface area contributed by atoms with Crippen molar-refractivity contribution in [3.8, 4) is 0 Å². The maximum absolute atomic E-state index is 6.20. The highest BCUT2D eigenvalue weighted by Gasteiger charge is 2.27. The second kappa shape index (κ2) is 7.96. The van der Waals surface area contributed by atoms with Gasteiger partial charge in [0, 0.05) is 17.3 Å². The maximum Gasteiger partial charge on any atom is 0.0595 e. The fraction of sp³-hybridized carbons (Fsp3) is 0.278. The molecule has 1 nitrogen and oxygen atoms in total. The van der Waals surface area contributed by atoms with Crippen LogP contribution in [0.3, 0.4) is 0 Å². The van der Waals surface area contributed by atoms with E-state index in [9.17, 15) is 0 Å². The highest BCUT2D eigenvalue weighted by Crippen LogP contribution is 2.42. The first kappa shape index (κ1) is 18.7. The zero-order chi connectivity index (χ0) is 15.7. The Bertz CT molecular complexity index is 717. The van der Waals surface area contributed by atoms with Crippen molar-refractivity contribution < 1.29 is 0 Å². The quantitative estimate of drug-likeness (QED) is 0.654. The van der Waals surface area contributed by atoms with Gasteiger partial charge in [-0.1, -0.05) is 53.6 Å². The van der Waals surface area contributed by atoms with Crippen LogP contribution in [0.5, 0.6) is 0 Å². The second-order valence-corrected chi connectivity index (χ2v) is 6.70. The molecule has 2 aromatic carbocycles. The van der Waals surface area contributed by atoms with Crippen molar-refractivity contribution in [2.45, 2.75) is 24.8 Å². The molecular weight excluding hydrogens is 369 g/mol. The Kier molecular flexibility index (Phi) is 6.47. The molecule has 0 unspecified atom stereocenters. The van der Waals surface area contributed by atoms with Crippen molar-refractivity contribution in [1.29, 1.82) is 0 Å². The van der Waals surface area contributed by atoms with E-state index in [2.05, 4.69) is 29.6 Å². The molecule has 0 heterocycles. The van der Waals surface area contributed by atoms with Crippen molar-refractivity contribution >= 4 is 53.2 Å². The largest absolute Gasteiger partial charge is 0.313 e. The first-order valence-corrected chi connectivity index (χ1v) is 8.58. The van der Waals surface area contributed by atoms with Gasteiger partial charge in [0.25, 0.3) is 0 Å².